The minimum absolute atomic E-state index is 0.149. The highest BCUT2D eigenvalue weighted by Crippen LogP contribution is 2.35. The molecule has 24 heavy (non-hydrogen) atoms. The third-order valence-electron chi connectivity index (χ3n) is 4.54. The first-order chi connectivity index (χ1) is 11.5. The average molecular weight is 334 g/mol. The van der Waals surface area contributed by atoms with Gasteiger partial charge in [-0.3, -0.25) is 9.78 Å². The van der Waals surface area contributed by atoms with E-state index in [1.165, 1.54) is 25.7 Å². The van der Waals surface area contributed by atoms with Gasteiger partial charge in [-0.25, -0.2) is 0 Å². The fourth-order valence-electron chi connectivity index (χ4n) is 3.13. The molecular formula is C21H35NO2. The van der Waals surface area contributed by atoms with Gasteiger partial charge in [0.15, 0.2) is 0 Å². The topological polar surface area (TPSA) is 39.2 Å². The van der Waals surface area contributed by atoms with E-state index >= 15 is 0 Å². The van der Waals surface area contributed by atoms with E-state index < -0.39 is 0 Å². The van der Waals surface area contributed by atoms with Crippen molar-refractivity contribution in [3.63, 3.8) is 0 Å². The van der Waals surface area contributed by atoms with Crippen LogP contribution in [0.25, 0.3) is 0 Å². The molecule has 0 spiro atoms. The lowest BCUT2D eigenvalue weighted by molar-refractivity contribution is -0.116. The number of Topliss-reactive ketones (excluding diaryl/α,β-unsaturated/α-hetero) is 1. The average Bonchev–Trinajstić information content (AvgIpc) is 2.50. The van der Waals surface area contributed by atoms with Crippen LogP contribution in [0.15, 0.2) is 12.3 Å². The molecule has 1 aliphatic rings. The standard InChI is InChI=1S/C13H19NO2.C8H16/c1-4-5-6-16-13-8-12(7-10(2)15)11(3)14-9-13;1-3-4-8-5-7(2)6-8/h8-9H,4-7H2,1-3H3;7-8H,3-6H2,1-2H3. The number of ether oxygens (including phenoxy) is 1. The summed E-state index contributed by atoms with van der Waals surface area (Å²) in [5, 5.41) is 0. The molecule has 136 valence electrons. The molecule has 1 heterocycles. The Morgan fingerprint density at radius 2 is 2.00 bits per heavy atom. The van der Waals surface area contributed by atoms with Crippen LogP contribution in [0.1, 0.15) is 77.5 Å². The molecule has 0 atom stereocenters. The van der Waals surface area contributed by atoms with E-state index in [1.54, 1.807) is 13.1 Å². The normalized spacial score (nSPS) is 19.0. The minimum Gasteiger partial charge on any atom is -0.492 e. The van der Waals surface area contributed by atoms with Gasteiger partial charge in [-0.1, -0.05) is 40.0 Å². The zero-order chi connectivity index (χ0) is 17.9. The summed E-state index contributed by atoms with van der Waals surface area (Å²) in [7, 11) is 0. The third-order valence-corrected chi connectivity index (χ3v) is 4.54. The molecule has 1 aromatic heterocycles. The number of aromatic nitrogens is 1. The zero-order valence-corrected chi connectivity index (χ0v) is 16.2. The summed E-state index contributed by atoms with van der Waals surface area (Å²) in [4.78, 5) is 15.3. The molecule has 1 aromatic rings. The lowest BCUT2D eigenvalue weighted by atomic mass is 9.74. The summed E-state index contributed by atoms with van der Waals surface area (Å²) in [6, 6.07) is 1.92. The van der Waals surface area contributed by atoms with Crippen molar-refractivity contribution in [2.75, 3.05) is 6.61 Å². The van der Waals surface area contributed by atoms with Gasteiger partial charge in [-0.2, -0.15) is 0 Å². The fraction of sp³-hybridized carbons (Fsp3) is 0.714. The molecule has 1 fully saturated rings. The number of pyridine rings is 1. The quantitative estimate of drug-likeness (QED) is 0.587. The van der Waals surface area contributed by atoms with Crippen molar-refractivity contribution in [3.8, 4) is 5.75 Å². The second-order valence-corrected chi connectivity index (χ2v) is 7.23. The molecule has 0 aromatic carbocycles. The number of nitrogens with zero attached hydrogens (tertiary/aromatic N) is 1. The Morgan fingerprint density at radius 3 is 2.54 bits per heavy atom. The van der Waals surface area contributed by atoms with Gasteiger partial charge in [0.1, 0.15) is 11.5 Å². The molecule has 1 saturated carbocycles. The summed E-state index contributed by atoms with van der Waals surface area (Å²) in [6.45, 7) is 11.0. The Hall–Kier alpha value is -1.38. The Labute approximate surface area is 148 Å². The summed E-state index contributed by atoms with van der Waals surface area (Å²) in [5.74, 6) is 3.06. The van der Waals surface area contributed by atoms with Gasteiger partial charge in [-0.15, -0.1) is 0 Å². The highest BCUT2D eigenvalue weighted by Gasteiger charge is 2.23. The molecule has 3 nitrogen and oxygen atoms in total. The third kappa shape index (κ3) is 7.94. The van der Waals surface area contributed by atoms with Crippen molar-refractivity contribution in [2.24, 2.45) is 11.8 Å². The second-order valence-electron chi connectivity index (χ2n) is 7.23. The number of carbonyl (C=O) groups is 1. The van der Waals surface area contributed by atoms with Crippen LogP contribution in [-0.2, 0) is 11.2 Å². The number of ketones is 1. The van der Waals surface area contributed by atoms with Crippen LogP contribution in [0.5, 0.6) is 5.75 Å². The van der Waals surface area contributed by atoms with Crippen LogP contribution in [0.4, 0.5) is 0 Å². The molecule has 0 amide bonds. The number of carbonyl (C=O) groups excluding carboxylic acids is 1. The summed E-state index contributed by atoms with van der Waals surface area (Å²) in [6.07, 6.45) is 10.2. The predicted molar refractivity (Wildman–Crippen MR) is 101 cm³/mol. The van der Waals surface area contributed by atoms with Crippen molar-refractivity contribution in [1.82, 2.24) is 4.98 Å². The van der Waals surface area contributed by atoms with Crippen LogP contribution in [-0.4, -0.2) is 17.4 Å². The molecule has 2 rings (SSSR count). The summed E-state index contributed by atoms with van der Waals surface area (Å²) < 4.78 is 5.55. The van der Waals surface area contributed by atoms with E-state index in [-0.39, 0.29) is 5.78 Å². The molecular weight excluding hydrogens is 298 g/mol. The van der Waals surface area contributed by atoms with Gasteiger partial charge in [0, 0.05) is 12.1 Å². The Balaban J connectivity index is 0.000000300. The number of rotatable bonds is 8. The van der Waals surface area contributed by atoms with Crippen LogP contribution < -0.4 is 4.74 Å². The van der Waals surface area contributed by atoms with E-state index in [0.29, 0.717) is 13.0 Å². The monoisotopic (exact) mass is 333 g/mol. The second kappa shape index (κ2) is 11.2. The Kier molecular flexibility index (Phi) is 9.66. The van der Waals surface area contributed by atoms with Crippen molar-refractivity contribution < 1.29 is 9.53 Å². The van der Waals surface area contributed by atoms with E-state index in [1.807, 2.05) is 13.0 Å². The van der Waals surface area contributed by atoms with Crippen LogP contribution in [0.2, 0.25) is 0 Å². The van der Waals surface area contributed by atoms with Gasteiger partial charge in [0.25, 0.3) is 0 Å². The SMILES string of the molecule is CCCC1CC(C)C1.CCCCOc1cnc(C)c(CC(C)=O)c1. The van der Waals surface area contributed by atoms with Crippen LogP contribution in [0.3, 0.4) is 0 Å². The predicted octanol–water partition coefficient (Wildman–Crippen LogP) is 5.53. The maximum Gasteiger partial charge on any atom is 0.137 e. The Morgan fingerprint density at radius 1 is 1.29 bits per heavy atom. The number of unbranched alkanes of at least 4 members (excludes halogenated alkanes) is 1. The maximum absolute atomic E-state index is 11.1. The van der Waals surface area contributed by atoms with Crippen molar-refractivity contribution >= 4 is 5.78 Å². The zero-order valence-electron chi connectivity index (χ0n) is 16.2. The molecule has 0 unspecified atom stereocenters. The largest absolute Gasteiger partial charge is 0.492 e. The molecule has 0 radical (unpaired) electrons. The molecule has 0 aliphatic heterocycles. The minimum atomic E-state index is 0.149. The van der Waals surface area contributed by atoms with Gasteiger partial charge in [0.05, 0.1) is 12.8 Å². The lowest BCUT2D eigenvalue weighted by Crippen LogP contribution is -2.20. The molecule has 0 saturated heterocycles. The molecule has 1 aliphatic carbocycles. The smallest absolute Gasteiger partial charge is 0.137 e. The van der Waals surface area contributed by atoms with E-state index in [9.17, 15) is 4.79 Å². The fourth-order valence-corrected chi connectivity index (χ4v) is 3.13. The van der Waals surface area contributed by atoms with E-state index in [0.717, 1.165) is 41.7 Å². The van der Waals surface area contributed by atoms with Crippen LogP contribution >= 0.6 is 0 Å². The van der Waals surface area contributed by atoms with Gasteiger partial charge in [0.2, 0.25) is 0 Å². The summed E-state index contributed by atoms with van der Waals surface area (Å²) >= 11 is 0. The molecule has 3 heteroatoms. The van der Waals surface area contributed by atoms with Gasteiger partial charge in [-0.05, 0) is 56.6 Å². The first-order valence-electron chi connectivity index (χ1n) is 9.53. The van der Waals surface area contributed by atoms with E-state index in [2.05, 4.69) is 25.8 Å². The van der Waals surface area contributed by atoms with Gasteiger partial charge >= 0.3 is 0 Å². The lowest BCUT2D eigenvalue weighted by Gasteiger charge is -2.32. The van der Waals surface area contributed by atoms with Crippen LogP contribution in [0, 0.1) is 18.8 Å². The van der Waals surface area contributed by atoms with Gasteiger partial charge < -0.3 is 4.74 Å². The first kappa shape index (κ1) is 20.7. The van der Waals surface area contributed by atoms with Crippen molar-refractivity contribution in [2.45, 2.75) is 79.6 Å². The number of hydrogen-bond acceptors (Lipinski definition) is 3. The number of hydrogen-bond donors (Lipinski definition) is 0. The highest BCUT2D eigenvalue weighted by atomic mass is 16.5. The Bertz CT molecular complexity index is 490. The highest BCUT2D eigenvalue weighted by molar-refractivity contribution is 5.78. The molecule has 0 bridgehead atoms. The van der Waals surface area contributed by atoms with E-state index in [4.69, 9.17) is 4.74 Å². The first-order valence-corrected chi connectivity index (χ1v) is 9.53. The summed E-state index contributed by atoms with van der Waals surface area (Å²) in [5.41, 5.74) is 1.86. The number of aryl methyl sites for hydroxylation is 1. The maximum atomic E-state index is 11.1. The van der Waals surface area contributed by atoms with Crippen molar-refractivity contribution in [1.29, 1.82) is 0 Å². The molecule has 0 N–H and O–H groups in total. The van der Waals surface area contributed by atoms with Crippen molar-refractivity contribution in [3.05, 3.63) is 23.5 Å².